The Balaban J connectivity index is 2.25. The van der Waals surface area contributed by atoms with Gasteiger partial charge in [0.25, 0.3) is 5.91 Å². The van der Waals surface area contributed by atoms with Crippen molar-refractivity contribution in [2.45, 2.75) is 6.04 Å². The Bertz CT molecular complexity index is 466. The predicted octanol–water partition coefficient (Wildman–Crippen LogP) is 0.265. The molecule has 16 heavy (non-hydrogen) atoms. The van der Waals surface area contributed by atoms with Gasteiger partial charge in [-0.05, 0) is 17.7 Å². The Morgan fingerprint density at radius 3 is 2.25 bits per heavy atom. The van der Waals surface area contributed by atoms with Crippen molar-refractivity contribution in [3.8, 4) is 0 Å². The summed E-state index contributed by atoms with van der Waals surface area (Å²) in [5.74, 6) is -1.47. The summed E-state index contributed by atoms with van der Waals surface area (Å²) >= 11 is 0. The smallest absolute Gasteiger partial charge is 0.335 e. The Morgan fingerprint density at radius 1 is 1.19 bits per heavy atom. The molecule has 3 N–H and O–H groups in total. The summed E-state index contributed by atoms with van der Waals surface area (Å²) in [6.07, 6.45) is 0. The molecule has 0 aromatic heterocycles. The molecular weight excluding hydrogens is 212 g/mol. The number of carbonyl (C=O) groups is 3. The first-order valence-electron chi connectivity index (χ1n) is 4.52. The maximum atomic E-state index is 11.3. The monoisotopic (exact) mass is 220 g/mol. The minimum atomic E-state index is -1.04. The van der Waals surface area contributed by atoms with Gasteiger partial charge in [-0.2, -0.15) is 0 Å². The van der Waals surface area contributed by atoms with E-state index in [9.17, 15) is 14.4 Å². The second-order valence-corrected chi connectivity index (χ2v) is 3.32. The van der Waals surface area contributed by atoms with Crippen LogP contribution in [0, 0.1) is 0 Å². The predicted molar refractivity (Wildman–Crippen MR) is 52.8 cm³/mol. The first-order valence-corrected chi connectivity index (χ1v) is 4.52. The molecule has 1 aliphatic rings. The maximum Gasteiger partial charge on any atom is 0.335 e. The summed E-state index contributed by atoms with van der Waals surface area (Å²) in [7, 11) is 0. The average Bonchev–Trinajstić information content (AvgIpc) is 2.58. The Labute approximate surface area is 90.3 Å². The lowest BCUT2D eigenvalue weighted by molar-refractivity contribution is -0.120. The highest BCUT2D eigenvalue weighted by Crippen LogP contribution is 2.17. The third-order valence-corrected chi connectivity index (χ3v) is 2.27. The highest BCUT2D eigenvalue weighted by Gasteiger charge is 2.30. The molecule has 0 saturated carbocycles. The molecule has 2 rings (SSSR count). The number of nitrogens with one attached hydrogen (secondary N) is 2. The summed E-state index contributed by atoms with van der Waals surface area (Å²) in [5.41, 5.74) is 0.682. The molecule has 0 aliphatic carbocycles. The van der Waals surface area contributed by atoms with Gasteiger partial charge in [0.1, 0.15) is 6.04 Å². The summed E-state index contributed by atoms with van der Waals surface area (Å²) < 4.78 is 0. The molecule has 1 heterocycles. The van der Waals surface area contributed by atoms with E-state index in [1.165, 1.54) is 24.3 Å². The number of benzene rings is 1. The standard InChI is InChI=1S/C10H8N2O4/c13-8-7(11-10(16)12-8)5-1-3-6(4-2-5)9(14)15/h1-4,7H,(H,14,15)(H2,11,12,13,16)/t7-/m0/s1. The van der Waals surface area contributed by atoms with Crippen molar-refractivity contribution in [3.05, 3.63) is 35.4 Å². The van der Waals surface area contributed by atoms with Gasteiger partial charge in [0.15, 0.2) is 0 Å². The van der Waals surface area contributed by atoms with Crippen LogP contribution in [-0.4, -0.2) is 23.0 Å². The zero-order chi connectivity index (χ0) is 11.7. The van der Waals surface area contributed by atoms with Crippen molar-refractivity contribution >= 4 is 17.9 Å². The number of carboxylic acids is 1. The third-order valence-electron chi connectivity index (χ3n) is 2.27. The highest BCUT2D eigenvalue weighted by atomic mass is 16.4. The fourth-order valence-corrected chi connectivity index (χ4v) is 1.47. The molecule has 1 aliphatic heterocycles. The van der Waals surface area contributed by atoms with E-state index in [2.05, 4.69) is 10.6 Å². The lowest BCUT2D eigenvalue weighted by atomic mass is 10.1. The summed E-state index contributed by atoms with van der Waals surface area (Å²) in [5, 5.41) is 13.2. The van der Waals surface area contributed by atoms with E-state index in [1.807, 2.05) is 0 Å². The minimum Gasteiger partial charge on any atom is -0.478 e. The molecule has 1 fully saturated rings. The van der Waals surface area contributed by atoms with E-state index in [0.717, 1.165) is 0 Å². The molecule has 0 radical (unpaired) electrons. The van der Waals surface area contributed by atoms with Gasteiger partial charge in [0.05, 0.1) is 5.56 Å². The molecule has 82 valence electrons. The van der Waals surface area contributed by atoms with Crippen LogP contribution in [0.25, 0.3) is 0 Å². The van der Waals surface area contributed by atoms with Gasteiger partial charge in [-0.25, -0.2) is 9.59 Å². The number of urea groups is 1. The van der Waals surface area contributed by atoms with Gasteiger partial charge in [-0.3, -0.25) is 10.1 Å². The van der Waals surface area contributed by atoms with Crippen molar-refractivity contribution < 1.29 is 19.5 Å². The number of rotatable bonds is 2. The fraction of sp³-hybridized carbons (Fsp3) is 0.100. The number of carboxylic acid groups (broad SMARTS) is 1. The fourth-order valence-electron chi connectivity index (χ4n) is 1.47. The van der Waals surface area contributed by atoms with Crippen LogP contribution in [0.4, 0.5) is 4.79 Å². The van der Waals surface area contributed by atoms with Gasteiger partial charge in [0.2, 0.25) is 0 Å². The zero-order valence-electron chi connectivity index (χ0n) is 8.06. The largest absolute Gasteiger partial charge is 0.478 e. The number of carbonyl (C=O) groups excluding carboxylic acids is 2. The summed E-state index contributed by atoms with van der Waals surface area (Å²) in [4.78, 5) is 32.8. The number of hydrogen-bond donors (Lipinski definition) is 3. The van der Waals surface area contributed by atoms with Crippen LogP contribution >= 0.6 is 0 Å². The quantitative estimate of drug-likeness (QED) is 0.623. The molecule has 1 atom stereocenters. The van der Waals surface area contributed by atoms with E-state index in [0.29, 0.717) is 5.56 Å². The van der Waals surface area contributed by atoms with Crippen molar-refractivity contribution in [1.29, 1.82) is 0 Å². The van der Waals surface area contributed by atoms with Crippen molar-refractivity contribution in [1.82, 2.24) is 10.6 Å². The number of hydrogen-bond acceptors (Lipinski definition) is 3. The SMILES string of the molecule is O=C1NC(=O)[C@H](c2ccc(C(=O)O)cc2)N1. The highest BCUT2D eigenvalue weighted by molar-refractivity contribution is 6.04. The van der Waals surface area contributed by atoms with Gasteiger partial charge in [0, 0.05) is 0 Å². The van der Waals surface area contributed by atoms with Gasteiger partial charge in [-0.15, -0.1) is 0 Å². The Kier molecular flexibility index (Phi) is 2.32. The molecule has 0 unspecified atom stereocenters. The second-order valence-electron chi connectivity index (χ2n) is 3.32. The zero-order valence-corrected chi connectivity index (χ0v) is 8.06. The normalized spacial score (nSPS) is 19.1. The minimum absolute atomic E-state index is 0.133. The Hall–Kier alpha value is -2.37. The average molecular weight is 220 g/mol. The number of aromatic carboxylic acids is 1. The maximum absolute atomic E-state index is 11.3. The lowest BCUT2D eigenvalue weighted by Crippen LogP contribution is -2.22. The molecule has 3 amide bonds. The molecular formula is C10H8N2O4. The van der Waals surface area contributed by atoms with E-state index < -0.39 is 23.9 Å². The molecule has 0 bridgehead atoms. The van der Waals surface area contributed by atoms with Crippen LogP contribution < -0.4 is 10.6 Å². The second kappa shape index (κ2) is 3.65. The van der Waals surface area contributed by atoms with E-state index in [-0.39, 0.29) is 5.56 Å². The van der Waals surface area contributed by atoms with Crippen molar-refractivity contribution in [2.75, 3.05) is 0 Å². The van der Waals surface area contributed by atoms with Crippen LogP contribution in [0.15, 0.2) is 24.3 Å². The lowest BCUT2D eigenvalue weighted by Gasteiger charge is -2.07. The number of imide groups is 1. The van der Waals surface area contributed by atoms with E-state index >= 15 is 0 Å². The summed E-state index contributed by atoms with van der Waals surface area (Å²) in [6, 6.07) is 4.48. The van der Waals surface area contributed by atoms with Crippen LogP contribution in [0.3, 0.4) is 0 Å². The van der Waals surface area contributed by atoms with Crippen LogP contribution in [-0.2, 0) is 4.79 Å². The molecule has 1 aromatic carbocycles. The van der Waals surface area contributed by atoms with Crippen LogP contribution in [0.2, 0.25) is 0 Å². The number of amides is 3. The summed E-state index contributed by atoms with van der Waals surface area (Å²) in [6.45, 7) is 0. The topological polar surface area (TPSA) is 95.5 Å². The van der Waals surface area contributed by atoms with Crippen LogP contribution in [0.5, 0.6) is 0 Å². The first-order chi connectivity index (χ1) is 7.58. The van der Waals surface area contributed by atoms with E-state index in [4.69, 9.17) is 5.11 Å². The molecule has 1 saturated heterocycles. The third kappa shape index (κ3) is 1.72. The van der Waals surface area contributed by atoms with Crippen molar-refractivity contribution in [3.63, 3.8) is 0 Å². The molecule has 6 heteroatoms. The Morgan fingerprint density at radius 2 is 1.81 bits per heavy atom. The van der Waals surface area contributed by atoms with Gasteiger partial charge < -0.3 is 10.4 Å². The molecule has 0 spiro atoms. The van der Waals surface area contributed by atoms with Gasteiger partial charge >= 0.3 is 12.0 Å². The molecule has 1 aromatic rings. The van der Waals surface area contributed by atoms with Crippen molar-refractivity contribution in [2.24, 2.45) is 0 Å². The molecule has 6 nitrogen and oxygen atoms in total. The van der Waals surface area contributed by atoms with E-state index in [1.54, 1.807) is 0 Å². The van der Waals surface area contributed by atoms with Gasteiger partial charge in [-0.1, -0.05) is 12.1 Å². The first kappa shape index (κ1) is 10.2. The van der Waals surface area contributed by atoms with Crippen LogP contribution in [0.1, 0.15) is 22.0 Å².